The van der Waals surface area contributed by atoms with Crippen molar-refractivity contribution in [2.24, 2.45) is 0 Å². The Morgan fingerprint density at radius 1 is 0.553 bits per heavy atom. The number of rotatable bonds is 17. The molecule has 0 aromatic heterocycles. The first kappa shape index (κ1) is 39.2. The van der Waals surface area contributed by atoms with Gasteiger partial charge in [-0.25, -0.2) is 0 Å². The van der Waals surface area contributed by atoms with E-state index in [9.17, 15) is 52.7 Å². The molecule has 0 heterocycles. The molecule has 228 valence electrons. The van der Waals surface area contributed by atoms with Crippen LogP contribution in [0.25, 0.3) is 0 Å². The third-order valence-electron chi connectivity index (χ3n) is 5.77. The van der Waals surface area contributed by atoms with Crippen molar-refractivity contribution in [1.82, 2.24) is 0 Å². The molecule has 2 radical (unpaired) electrons. The van der Waals surface area contributed by atoms with Crippen LogP contribution in [0.15, 0.2) is 0 Å². The predicted octanol–water partition coefficient (Wildman–Crippen LogP) is 9.46. The van der Waals surface area contributed by atoms with Crippen LogP contribution in [-0.2, 0) is 7.53 Å². The Morgan fingerprint density at radius 2 is 0.868 bits per heavy atom. The molecule has 0 aliphatic rings. The molecular formula is C20H33F12GeIO2P2+2. The Hall–Kier alpha value is 1.21. The van der Waals surface area contributed by atoms with Crippen molar-refractivity contribution in [1.29, 1.82) is 0 Å². The summed E-state index contributed by atoms with van der Waals surface area (Å²) >= 11 is -2.50. The van der Waals surface area contributed by atoms with Gasteiger partial charge in [-0.15, -0.1) is 0 Å². The van der Waals surface area contributed by atoms with Gasteiger partial charge >= 0.3 is 238 Å². The van der Waals surface area contributed by atoms with Crippen molar-refractivity contribution in [3.05, 3.63) is 0 Å². The Labute approximate surface area is 237 Å². The molecule has 2 nitrogen and oxygen atoms in total. The van der Waals surface area contributed by atoms with E-state index in [1.807, 2.05) is 0 Å². The van der Waals surface area contributed by atoms with Crippen molar-refractivity contribution < 1.29 is 60.2 Å². The van der Waals surface area contributed by atoms with Gasteiger partial charge < -0.3 is 0 Å². The van der Waals surface area contributed by atoms with E-state index >= 15 is 0 Å². The standard InChI is InChI=1S/C20H31F12GeIO2P2/c1-4-7-10-37(11-8-5-2)13-15(17(21,22)23,18(24,25)26)35-33-36-16(19(27,28)29,20(30,31)32)14-38(34)12-9-6-3/h4-14H2,1-3H3/p+2. The van der Waals surface area contributed by atoms with E-state index in [-0.39, 0.29) is 18.5 Å². The molecule has 0 aliphatic heterocycles. The topological polar surface area (TPSA) is 18.5 Å². The molecule has 1 unspecified atom stereocenters. The second-order valence-corrected chi connectivity index (χ2v) is 19.4. The average molecular weight is 795 g/mol. The van der Waals surface area contributed by atoms with Gasteiger partial charge in [0.05, 0.1) is 0 Å². The molecule has 0 aliphatic carbocycles. The first-order chi connectivity index (χ1) is 17.2. The van der Waals surface area contributed by atoms with Crippen LogP contribution in [0.4, 0.5) is 52.7 Å². The van der Waals surface area contributed by atoms with Crippen molar-refractivity contribution >= 4 is 51.6 Å². The Bertz CT molecular complexity index is 638. The molecule has 0 rings (SSSR count). The Kier molecular flexibility index (Phi) is 16.7. The van der Waals surface area contributed by atoms with E-state index in [2.05, 4.69) is 7.53 Å². The van der Waals surface area contributed by atoms with Crippen molar-refractivity contribution in [2.75, 3.05) is 30.8 Å². The van der Waals surface area contributed by atoms with Crippen LogP contribution in [-0.4, -0.2) is 82.8 Å². The van der Waals surface area contributed by atoms with Gasteiger partial charge in [0.1, 0.15) is 0 Å². The molecule has 0 bridgehead atoms. The van der Waals surface area contributed by atoms with Gasteiger partial charge in [-0.1, -0.05) is 0 Å². The van der Waals surface area contributed by atoms with Crippen LogP contribution in [0.3, 0.4) is 0 Å². The van der Waals surface area contributed by atoms with Gasteiger partial charge in [-0.2, -0.15) is 0 Å². The molecule has 0 spiro atoms. The van der Waals surface area contributed by atoms with Crippen molar-refractivity contribution in [3.8, 4) is 0 Å². The molecule has 0 amide bonds. The first-order valence-corrected chi connectivity index (χ1v) is 20.7. The molecule has 0 aromatic carbocycles. The number of unbranched alkanes of at least 4 members (excludes halogenated alkanes) is 3. The summed E-state index contributed by atoms with van der Waals surface area (Å²) in [4.78, 5) is 0. The zero-order valence-electron chi connectivity index (χ0n) is 21.0. The Balaban J connectivity index is 6.42. The number of halogens is 13. The van der Waals surface area contributed by atoms with Crippen LogP contribution in [0.1, 0.15) is 59.3 Å². The third kappa shape index (κ3) is 10.8. The maximum absolute atomic E-state index is 14.0. The fourth-order valence-corrected chi connectivity index (χ4v) is 14.2. The summed E-state index contributed by atoms with van der Waals surface area (Å²) < 4.78 is 175. The summed E-state index contributed by atoms with van der Waals surface area (Å²) in [6, 6.07) is 0. The number of hydrogen-bond donors (Lipinski definition) is 0. The van der Waals surface area contributed by atoms with Crippen molar-refractivity contribution in [2.45, 2.75) is 95.2 Å². The Morgan fingerprint density at radius 3 is 1.18 bits per heavy atom. The first-order valence-electron chi connectivity index (χ1n) is 11.9. The SMILES string of the molecule is CCCC[PH+](I)CC([O][Ge][O]C(C[PH+](CCCC)CCCC)(C(F)(F)F)C(F)(F)F)(C(F)(F)F)C(F)(F)F. The average Bonchev–Trinajstić information content (AvgIpc) is 2.74. The van der Waals surface area contributed by atoms with Crippen LogP contribution < -0.4 is 0 Å². The fraction of sp³-hybridized carbons (Fsp3) is 1.00. The second kappa shape index (κ2) is 16.2. The fourth-order valence-electron chi connectivity index (χ4n) is 3.42. The van der Waals surface area contributed by atoms with Crippen LogP contribution in [0.5, 0.6) is 0 Å². The molecule has 0 aromatic rings. The zero-order chi connectivity index (χ0) is 30.1. The van der Waals surface area contributed by atoms with Gasteiger partial charge in [0.15, 0.2) is 0 Å². The van der Waals surface area contributed by atoms with E-state index in [0.29, 0.717) is 38.5 Å². The zero-order valence-corrected chi connectivity index (χ0v) is 27.3. The van der Waals surface area contributed by atoms with E-state index < -0.39 is 77.8 Å². The minimum absolute atomic E-state index is 0.00946. The van der Waals surface area contributed by atoms with Gasteiger partial charge in [0.2, 0.25) is 0 Å². The molecule has 38 heavy (non-hydrogen) atoms. The molecule has 0 saturated carbocycles. The monoisotopic (exact) mass is 796 g/mol. The van der Waals surface area contributed by atoms with E-state index in [1.54, 1.807) is 20.8 Å². The van der Waals surface area contributed by atoms with Gasteiger partial charge in [0, 0.05) is 0 Å². The third-order valence-corrected chi connectivity index (χ3v) is 15.2. The summed E-state index contributed by atoms with van der Waals surface area (Å²) in [5, 5.41) is 0. The van der Waals surface area contributed by atoms with E-state index in [0.717, 1.165) is 0 Å². The molecular weight excluding hydrogens is 762 g/mol. The van der Waals surface area contributed by atoms with Gasteiger partial charge in [-0.3, -0.25) is 0 Å². The van der Waals surface area contributed by atoms with Gasteiger partial charge in [-0.05, 0) is 0 Å². The molecule has 0 N–H and O–H groups in total. The van der Waals surface area contributed by atoms with Crippen LogP contribution in [0, 0.1) is 0 Å². The van der Waals surface area contributed by atoms with E-state index in [4.69, 9.17) is 0 Å². The summed E-state index contributed by atoms with van der Waals surface area (Å²) in [5.41, 5.74) is -12.2. The summed E-state index contributed by atoms with van der Waals surface area (Å²) in [5.74, 6) is 0. The molecule has 1 atom stereocenters. The van der Waals surface area contributed by atoms with E-state index in [1.165, 1.54) is 22.0 Å². The normalized spacial score (nSPS) is 15.4. The van der Waals surface area contributed by atoms with Crippen LogP contribution >= 0.6 is 35.5 Å². The summed E-state index contributed by atoms with van der Waals surface area (Å²) in [6.45, 7) is 5.04. The number of hydrogen-bond acceptors (Lipinski definition) is 2. The molecule has 18 heteroatoms. The summed E-state index contributed by atoms with van der Waals surface area (Å²) in [7, 11) is -2.38. The summed E-state index contributed by atoms with van der Waals surface area (Å²) in [6.07, 6.45) is -25.2. The number of alkyl halides is 12. The van der Waals surface area contributed by atoms with Gasteiger partial charge in [0.25, 0.3) is 0 Å². The quantitative estimate of drug-likeness (QED) is 0.0633. The second-order valence-electron chi connectivity index (χ2n) is 8.86. The van der Waals surface area contributed by atoms with Crippen LogP contribution in [0.2, 0.25) is 0 Å². The molecule has 0 fully saturated rings. The minimum atomic E-state index is -6.14. The predicted molar refractivity (Wildman–Crippen MR) is 137 cm³/mol. The maximum atomic E-state index is 14.0. The van der Waals surface area contributed by atoms with Crippen molar-refractivity contribution in [3.63, 3.8) is 0 Å². The molecule has 0 saturated heterocycles.